The molecule has 2 aromatic rings. The highest BCUT2D eigenvalue weighted by atomic mass is 35.5. The van der Waals surface area contributed by atoms with E-state index in [1.807, 2.05) is 20.9 Å². The molecule has 8 heteroatoms. The Hall–Kier alpha value is -2.09. The first-order chi connectivity index (χ1) is 12.2. The van der Waals surface area contributed by atoms with Gasteiger partial charge in [-0.1, -0.05) is 6.07 Å². The number of anilines is 1. The molecule has 0 saturated heterocycles. The summed E-state index contributed by atoms with van der Waals surface area (Å²) in [7, 11) is -0.107. The van der Waals surface area contributed by atoms with Crippen LogP contribution in [0.25, 0.3) is 0 Å². The first-order valence-electron chi connectivity index (χ1n) is 8.35. The van der Waals surface area contributed by atoms with Crippen LogP contribution in [-0.4, -0.2) is 46.4 Å². The predicted octanol–water partition coefficient (Wildman–Crippen LogP) is 2.82. The van der Waals surface area contributed by atoms with Gasteiger partial charge >= 0.3 is 0 Å². The van der Waals surface area contributed by atoms with Crippen molar-refractivity contribution in [3.8, 4) is 0 Å². The number of nitrogens with one attached hydrogen (secondary N) is 2. The van der Waals surface area contributed by atoms with Gasteiger partial charge in [0.1, 0.15) is 0 Å². The number of halogens is 1. The molecule has 0 radical (unpaired) electrons. The largest absolute Gasteiger partial charge is 0.340 e. The molecular formula is C19H26ClN3O3S. The summed E-state index contributed by atoms with van der Waals surface area (Å²) in [6.45, 7) is 5.11. The summed E-state index contributed by atoms with van der Waals surface area (Å²) in [5.74, 6) is -0.108. The van der Waals surface area contributed by atoms with Gasteiger partial charge in [0.15, 0.2) is 0 Å². The summed E-state index contributed by atoms with van der Waals surface area (Å²) >= 11 is 0. The van der Waals surface area contributed by atoms with Crippen LogP contribution in [0.3, 0.4) is 0 Å². The first kappa shape index (κ1) is 23.0. The van der Waals surface area contributed by atoms with E-state index in [1.54, 1.807) is 54.4 Å². The maximum absolute atomic E-state index is 12.5. The fraction of sp³-hybridized carbons (Fsp3) is 0.316. The number of hydrogen-bond donors (Lipinski definition) is 2. The summed E-state index contributed by atoms with van der Waals surface area (Å²) in [5, 5.41) is 2.99. The van der Waals surface area contributed by atoms with E-state index in [9.17, 15) is 13.2 Å². The van der Waals surface area contributed by atoms with E-state index in [-0.39, 0.29) is 23.2 Å². The number of benzene rings is 2. The van der Waals surface area contributed by atoms with Crippen molar-refractivity contribution < 1.29 is 13.2 Å². The van der Waals surface area contributed by atoms with Gasteiger partial charge in [-0.05, 0) is 68.4 Å². The van der Waals surface area contributed by atoms with Gasteiger partial charge in [0.05, 0.1) is 4.90 Å². The number of aryl methyl sites for hydroxylation is 2. The average Bonchev–Trinajstić information content (AvgIpc) is 2.61. The van der Waals surface area contributed by atoms with Crippen molar-refractivity contribution in [2.45, 2.75) is 18.7 Å². The van der Waals surface area contributed by atoms with Crippen LogP contribution in [0, 0.1) is 13.8 Å². The molecule has 2 aromatic carbocycles. The summed E-state index contributed by atoms with van der Waals surface area (Å²) in [6.07, 6.45) is 0. The second-order valence-electron chi connectivity index (χ2n) is 6.26. The van der Waals surface area contributed by atoms with Crippen LogP contribution in [0.15, 0.2) is 47.4 Å². The van der Waals surface area contributed by atoms with Gasteiger partial charge in [-0.15, -0.1) is 12.4 Å². The predicted molar refractivity (Wildman–Crippen MR) is 111 cm³/mol. The van der Waals surface area contributed by atoms with Gasteiger partial charge in [0, 0.05) is 31.4 Å². The van der Waals surface area contributed by atoms with E-state index >= 15 is 0 Å². The lowest BCUT2D eigenvalue weighted by atomic mass is 10.1. The molecule has 0 aromatic heterocycles. The van der Waals surface area contributed by atoms with Gasteiger partial charge in [-0.2, -0.15) is 0 Å². The Kier molecular flexibility index (Phi) is 8.27. The smallest absolute Gasteiger partial charge is 0.261 e. The number of nitrogens with zero attached hydrogens (tertiary/aromatic N) is 1. The molecular weight excluding hydrogens is 386 g/mol. The third-order valence-corrected chi connectivity index (χ3v) is 5.60. The van der Waals surface area contributed by atoms with Gasteiger partial charge < -0.3 is 10.2 Å². The van der Waals surface area contributed by atoms with Crippen molar-refractivity contribution in [3.63, 3.8) is 0 Å². The number of likely N-dealkylation sites (N-methyl/N-ethyl adjacent to an activating group) is 2. The highest BCUT2D eigenvalue weighted by Gasteiger charge is 2.16. The fourth-order valence-electron chi connectivity index (χ4n) is 2.38. The highest BCUT2D eigenvalue weighted by Crippen LogP contribution is 2.19. The molecule has 0 atom stereocenters. The molecule has 0 heterocycles. The molecule has 0 fully saturated rings. The van der Waals surface area contributed by atoms with E-state index in [2.05, 4.69) is 10.0 Å². The molecule has 2 rings (SSSR count). The standard InChI is InChI=1S/C19H25N3O3S.ClH/c1-14-5-10-18(13-15(14)2)26(24,25)21-17-8-6-16(7-9-17)19(23)22(4)12-11-20-3;/h5-10,13,20-21H,11-12H2,1-4H3;1H. The second-order valence-corrected chi connectivity index (χ2v) is 7.94. The molecule has 0 aliphatic heterocycles. The normalized spacial score (nSPS) is 10.8. The zero-order valence-corrected chi connectivity index (χ0v) is 17.6. The first-order valence-corrected chi connectivity index (χ1v) is 9.83. The monoisotopic (exact) mass is 411 g/mol. The molecule has 0 saturated carbocycles. The number of hydrogen-bond acceptors (Lipinski definition) is 4. The average molecular weight is 412 g/mol. The number of sulfonamides is 1. The minimum Gasteiger partial charge on any atom is -0.340 e. The van der Waals surface area contributed by atoms with Crippen LogP contribution in [0.5, 0.6) is 0 Å². The minimum absolute atomic E-state index is 0. The molecule has 6 nitrogen and oxygen atoms in total. The fourth-order valence-corrected chi connectivity index (χ4v) is 3.52. The number of carbonyl (C=O) groups is 1. The van der Waals surface area contributed by atoms with Crippen molar-refractivity contribution in [1.29, 1.82) is 0 Å². The van der Waals surface area contributed by atoms with E-state index in [1.165, 1.54) is 0 Å². The number of amides is 1. The van der Waals surface area contributed by atoms with Crippen molar-refractivity contribution >= 4 is 34.0 Å². The van der Waals surface area contributed by atoms with Crippen LogP contribution < -0.4 is 10.0 Å². The quantitative estimate of drug-likeness (QED) is 0.734. The third-order valence-electron chi connectivity index (χ3n) is 4.22. The van der Waals surface area contributed by atoms with Gasteiger partial charge in [0.2, 0.25) is 0 Å². The lowest BCUT2D eigenvalue weighted by Crippen LogP contribution is -2.32. The Balaban J connectivity index is 0.00000364. The Morgan fingerprint density at radius 2 is 1.67 bits per heavy atom. The van der Waals surface area contributed by atoms with Crippen LogP contribution in [0.2, 0.25) is 0 Å². The Morgan fingerprint density at radius 3 is 2.22 bits per heavy atom. The number of carbonyl (C=O) groups excluding carboxylic acids is 1. The maximum Gasteiger partial charge on any atom is 0.261 e. The summed E-state index contributed by atoms with van der Waals surface area (Å²) in [6, 6.07) is 11.4. The van der Waals surface area contributed by atoms with Gasteiger partial charge in [-0.25, -0.2) is 8.42 Å². The third kappa shape index (κ3) is 5.95. The van der Waals surface area contributed by atoms with Crippen molar-refractivity contribution in [1.82, 2.24) is 10.2 Å². The maximum atomic E-state index is 12.5. The molecule has 2 N–H and O–H groups in total. The molecule has 0 aliphatic carbocycles. The SMILES string of the molecule is CNCCN(C)C(=O)c1ccc(NS(=O)(=O)c2ccc(C)c(C)c2)cc1.Cl. The Labute approximate surface area is 167 Å². The van der Waals surface area contributed by atoms with Gasteiger partial charge in [0.25, 0.3) is 15.9 Å². The Bertz CT molecular complexity index is 884. The number of rotatable bonds is 7. The highest BCUT2D eigenvalue weighted by molar-refractivity contribution is 7.92. The van der Waals surface area contributed by atoms with Gasteiger partial charge in [-0.3, -0.25) is 9.52 Å². The zero-order valence-electron chi connectivity index (χ0n) is 15.9. The lowest BCUT2D eigenvalue weighted by Gasteiger charge is -2.17. The topological polar surface area (TPSA) is 78.5 Å². The zero-order chi connectivity index (χ0) is 19.3. The minimum atomic E-state index is -3.67. The molecule has 0 spiro atoms. The molecule has 27 heavy (non-hydrogen) atoms. The molecule has 148 valence electrons. The van der Waals surface area contributed by atoms with Crippen molar-refractivity contribution in [2.24, 2.45) is 0 Å². The molecule has 1 amide bonds. The summed E-state index contributed by atoms with van der Waals surface area (Å²) in [5.41, 5.74) is 2.88. The van der Waals surface area contributed by atoms with E-state index in [0.717, 1.165) is 11.1 Å². The molecule has 0 bridgehead atoms. The van der Waals surface area contributed by atoms with Crippen molar-refractivity contribution in [3.05, 3.63) is 59.2 Å². The molecule has 0 unspecified atom stereocenters. The van der Waals surface area contributed by atoms with E-state index in [4.69, 9.17) is 0 Å². The van der Waals surface area contributed by atoms with Crippen LogP contribution >= 0.6 is 12.4 Å². The Morgan fingerprint density at radius 1 is 1.04 bits per heavy atom. The van der Waals surface area contributed by atoms with Crippen molar-refractivity contribution in [2.75, 3.05) is 31.9 Å². The summed E-state index contributed by atoms with van der Waals surface area (Å²) < 4.78 is 27.6. The second kappa shape index (κ2) is 9.73. The van der Waals surface area contributed by atoms with E-state index in [0.29, 0.717) is 24.3 Å². The van der Waals surface area contributed by atoms with E-state index < -0.39 is 10.0 Å². The summed E-state index contributed by atoms with van der Waals surface area (Å²) in [4.78, 5) is 14.1. The van der Waals surface area contributed by atoms with Crippen LogP contribution in [0.1, 0.15) is 21.5 Å². The van der Waals surface area contributed by atoms with Crippen LogP contribution in [-0.2, 0) is 10.0 Å². The van der Waals surface area contributed by atoms with Crippen LogP contribution in [0.4, 0.5) is 5.69 Å². The molecule has 0 aliphatic rings. The lowest BCUT2D eigenvalue weighted by molar-refractivity contribution is 0.0797.